The number of aromatic nitrogens is 4. The topological polar surface area (TPSA) is 84.2 Å². The van der Waals surface area contributed by atoms with Crippen LogP contribution in [0, 0.1) is 13.8 Å². The molecule has 146 valence electrons. The molecular formula is C19H15ClN6OS2. The Labute approximate surface area is 180 Å². The Morgan fingerprint density at radius 2 is 2.00 bits per heavy atom. The number of nitrogens with one attached hydrogen (secondary N) is 2. The standard InChI is InChI=1S/C19H15ClN6OS2/c1-10-6-7-12(9-15(10)20)16(27)22-18(28)21-14-5-3-4-13(8-14)17-25-26-11(2)23-24-19(26)29-17/h3-9H,1-2H3,(H2,21,22,27,28). The van der Waals surface area contributed by atoms with E-state index in [4.69, 9.17) is 23.8 Å². The Kier molecular flexibility index (Phi) is 5.27. The van der Waals surface area contributed by atoms with Crippen molar-refractivity contribution in [3.63, 3.8) is 0 Å². The van der Waals surface area contributed by atoms with Gasteiger partial charge < -0.3 is 5.32 Å². The summed E-state index contributed by atoms with van der Waals surface area (Å²) < 4.78 is 1.71. The van der Waals surface area contributed by atoms with Crippen LogP contribution in [0.15, 0.2) is 42.5 Å². The summed E-state index contributed by atoms with van der Waals surface area (Å²) in [5, 5.41) is 19.8. The zero-order valence-corrected chi connectivity index (χ0v) is 17.8. The first-order valence-corrected chi connectivity index (χ1v) is 10.2. The number of anilines is 1. The number of rotatable bonds is 3. The number of fused-ring (bicyclic) bond motifs is 1. The summed E-state index contributed by atoms with van der Waals surface area (Å²) in [6.07, 6.45) is 0. The van der Waals surface area contributed by atoms with Gasteiger partial charge in [-0.1, -0.05) is 41.1 Å². The average Bonchev–Trinajstić information content (AvgIpc) is 3.26. The Morgan fingerprint density at radius 3 is 2.76 bits per heavy atom. The van der Waals surface area contributed by atoms with Crippen LogP contribution in [0.5, 0.6) is 0 Å². The number of aryl methyl sites for hydroxylation is 2. The van der Waals surface area contributed by atoms with Gasteiger partial charge in [-0.15, -0.1) is 10.2 Å². The molecule has 4 rings (SSSR count). The third kappa shape index (κ3) is 4.12. The second kappa shape index (κ2) is 7.86. The molecule has 2 N–H and O–H groups in total. The summed E-state index contributed by atoms with van der Waals surface area (Å²) in [5.41, 5.74) is 2.98. The molecule has 0 aliphatic carbocycles. The van der Waals surface area contributed by atoms with E-state index in [2.05, 4.69) is 25.9 Å². The fraction of sp³-hybridized carbons (Fsp3) is 0.105. The van der Waals surface area contributed by atoms with Crippen LogP contribution < -0.4 is 10.6 Å². The van der Waals surface area contributed by atoms with Crippen LogP contribution in [0.25, 0.3) is 15.5 Å². The number of amides is 1. The Hall–Kier alpha value is -2.88. The number of nitrogens with zero attached hydrogens (tertiary/aromatic N) is 4. The fourth-order valence-electron chi connectivity index (χ4n) is 2.63. The van der Waals surface area contributed by atoms with Crippen molar-refractivity contribution in [2.24, 2.45) is 0 Å². The van der Waals surface area contributed by atoms with Gasteiger partial charge in [-0.05, 0) is 55.9 Å². The highest BCUT2D eigenvalue weighted by Gasteiger charge is 2.12. The molecule has 0 saturated carbocycles. The van der Waals surface area contributed by atoms with Gasteiger partial charge >= 0.3 is 0 Å². The fourth-order valence-corrected chi connectivity index (χ4v) is 3.91. The molecule has 4 aromatic rings. The lowest BCUT2D eigenvalue weighted by atomic mass is 10.1. The lowest BCUT2D eigenvalue weighted by molar-refractivity contribution is 0.0977. The van der Waals surface area contributed by atoms with E-state index in [1.54, 1.807) is 22.7 Å². The summed E-state index contributed by atoms with van der Waals surface area (Å²) in [7, 11) is 0. The zero-order valence-electron chi connectivity index (χ0n) is 15.4. The highest BCUT2D eigenvalue weighted by Crippen LogP contribution is 2.27. The first-order chi connectivity index (χ1) is 13.9. The normalized spacial score (nSPS) is 10.9. The van der Waals surface area contributed by atoms with Gasteiger partial charge in [0, 0.05) is 21.8 Å². The van der Waals surface area contributed by atoms with E-state index in [1.165, 1.54) is 11.3 Å². The minimum absolute atomic E-state index is 0.192. The molecule has 0 aliphatic rings. The molecule has 0 aliphatic heterocycles. The number of halogens is 1. The third-order valence-electron chi connectivity index (χ3n) is 4.18. The second-order valence-corrected chi connectivity index (χ2v) is 8.07. The van der Waals surface area contributed by atoms with Crippen LogP contribution in [-0.2, 0) is 0 Å². The third-order valence-corrected chi connectivity index (χ3v) is 5.73. The summed E-state index contributed by atoms with van der Waals surface area (Å²) in [6, 6.07) is 12.7. The maximum atomic E-state index is 12.4. The van der Waals surface area contributed by atoms with E-state index < -0.39 is 0 Å². The molecule has 10 heteroatoms. The smallest absolute Gasteiger partial charge is 0.257 e. The van der Waals surface area contributed by atoms with Crippen molar-refractivity contribution in [2.45, 2.75) is 13.8 Å². The number of carbonyl (C=O) groups excluding carboxylic acids is 1. The summed E-state index contributed by atoms with van der Waals surface area (Å²) in [5.74, 6) is 0.404. The Balaban J connectivity index is 1.47. The van der Waals surface area contributed by atoms with Crippen LogP contribution in [0.2, 0.25) is 5.02 Å². The average molecular weight is 443 g/mol. The van der Waals surface area contributed by atoms with E-state index >= 15 is 0 Å². The van der Waals surface area contributed by atoms with Crippen molar-refractivity contribution in [3.8, 4) is 10.6 Å². The van der Waals surface area contributed by atoms with Crippen molar-refractivity contribution in [2.75, 3.05) is 5.32 Å². The number of hydrogen-bond acceptors (Lipinski definition) is 6. The van der Waals surface area contributed by atoms with Crippen molar-refractivity contribution in [1.29, 1.82) is 0 Å². The minimum atomic E-state index is -0.329. The van der Waals surface area contributed by atoms with Crippen LogP contribution >= 0.6 is 35.2 Å². The molecular weight excluding hydrogens is 428 g/mol. The predicted molar refractivity (Wildman–Crippen MR) is 119 cm³/mol. The van der Waals surface area contributed by atoms with Gasteiger partial charge in [0.2, 0.25) is 4.96 Å². The first kappa shape index (κ1) is 19.4. The Bertz CT molecular complexity index is 1250. The molecule has 0 fully saturated rings. The number of thiocarbonyl (C=S) groups is 1. The number of benzene rings is 2. The van der Waals surface area contributed by atoms with E-state index in [9.17, 15) is 4.79 Å². The molecule has 0 bridgehead atoms. The molecule has 0 saturated heterocycles. The van der Waals surface area contributed by atoms with Gasteiger partial charge in [-0.2, -0.15) is 9.61 Å². The van der Waals surface area contributed by atoms with Crippen LogP contribution in [0.3, 0.4) is 0 Å². The number of carbonyl (C=O) groups is 1. The van der Waals surface area contributed by atoms with E-state index in [0.29, 0.717) is 10.6 Å². The van der Waals surface area contributed by atoms with Crippen LogP contribution in [-0.4, -0.2) is 30.8 Å². The molecule has 2 aromatic heterocycles. The van der Waals surface area contributed by atoms with Gasteiger partial charge in [-0.3, -0.25) is 10.1 Å². The highest BCUT2D eigenvalue weighted by molar-refractivity contribution is 7.80. The van der Waals surface area contributed by atoms with Crippen molar-refractivity contribution in [1.82, 2.24) is 25.1 Å². The molecule has 7 nitrogen and oxygen atoms in total. The molecule has 1 amide bonds. The van der Waals surface area contributed by atoms with Gasteiger partial charge in [-0.25, -0.2) is 0 Å². The van der Waals surface area contributed by atoms with Gasteiger partial charge in [0.1, 0.15) is 5.01 Å². The maximum Gasteiger partial charge on any atom is 0.257 e. The largest absolute Gasteiger partial charge is 0.332 e. The van der Waals surface area contributed by atoms with E-state index in [-0.39, 0.29) is 11.0 Å². The molecule has 2 heterocycles. The lowest BCUT2D eigenvalue weighted by Gasteiger charge is -2.11. The maximum absolute atomic E-state index is 12.4. The Morgan fingerprint density at radius 1 is 1.17 bits per heavy atom. The van der Waals surface area contributed by atoms with Gasteiger partial charge in [0.15, 0.2) is 10.9 Å². The van der Waals surface area contributed by atoms with Crippen LogP contribution in [0.1, 0.15) is 21.7 Å². The zero-order chi connectivity index (χ0) is 20.5. The SMILES string of the molecule is Cc1ccc(C(=O)NC(=S)Nc2cccc(-c3nn4c(C)nnc4s3)c2)cc1Cl. The summed E-state index contributed by atoms with van der Waals surface area (Å²) in [4.78, 5) is 13.1. The molecule has 0 spiro atoms. The second-order valence-electron chi connectivity index (χ2n) is 6.30. The molecule has 0 unspecified atom stereocenters. The summed E-state index contributed by atoms with van der Waals surface area (Å²) in [6.45, 7) is 3.73. The van der Waals surface area contributed by atoms with Gasteiger partial charge in [0.05, 0.1) is 0 Å². The van der Waals surface area contributed by atoms with Crippen molar-refractivity contribution < 1.29 is 4.79 Å². The quantitative estimate of drug-likeness (QED) is 0.461. The molecule has 2 aromatic carbocycles. The number of hydrogen-bond donors (Lipinski definition) is 2. The van der Waals surface area contributed by atoms with Crippen molar-refractivity contribution >= 4 is 56.8 Å². The molecule has 29 heavy (non-hydrogen) atoms. The van der Waals surface area contributed by atoms with Gasteiger partial charge in [0.25, 0.3) is 5.91 Å². The van der Waals surface area contributed by atoms with Crippen LogP contribution in [0.4, 0.5) is 5.69 Å². The molecule has 0 radical (unpaired) electrons. The van der Waals surface area contributed by atoms with Crippen molar-refractivity contribution in [3.05, 3.63) is 64.4 Å². The summed E-state index contributed by atoms with van der Waals surface area (Å²) >= 11 is 12.8. The highest BCUT2D eigenvalue weighted by atomic mass is 35.5. The monoisotopic (exact) mass is 442 g/mol. The molecule has 0 atom stereocenters. The van der Waals surface area contributed by atoms with E-state index in [1.807, 2.05) is 38.1 Å². The predicted octanol–water partition coefficient (Wildman–Crippen LogP) is 4.25. The minimum Gasteiger partial charge on any atom is -0.332 e. The van der Waals surface area contributed by atoms with E-state index in [0.717, 1.165) is 32.6 Å². The lowest BCUT2D eigenvalue weighted by Crippen LogP contribution is -2.34. The first-order valence-electron chi connectivity index (χ1n) is 8.58.